The zero-order valence-electron chi connectivity index (χ0n) is 15.3. The van der Waals surface area contributed by atoms with Gasteiger partial charge in [-0.25, -0.2) is 0 Å². The number of rotatable bonds is 6. The summed E-state index contributed by atoms with van der Waals surface area (Å²) in [6.45, 7) is 0. The Morgan fingerprint density at radius 2 is 1.81 bits per heavy atom. The van der Waals surface area contributed by atoms with E-state index in [2.05, 4.69) is 5.32 Å². The fraction of sp³-hybridized carbons (Fsp3) is 0.200. The Morgan fingerprint density at radius 1 is 1.04 bits per heavy atom. The van der Waals surface area contributed by atoms with Crippen molar-refractivity contribution >= 4 is 23.6 Å². The third kappa shape index (κ3) is 4.86. The Balaban J connectivity index is 2.11. The molecule has 6 heteroatoms. The Hall–Kier alpha value is -3.28. The minimum Gasteiger partial charge on any atom is -0.497 e. The Bertz CT molecular complexity index is 828. The van der Waals surface area contributed by atoms with Gasteiger partial charge in [-0.2, -0.15) is 0 Å². The smallest absolute Gasteiger partial charge is 0.253 e. The highest BCUT2D eigenvalue weighted by molar-refractivity contribution is 6.03. The number of hydrogen-bond donors (Lipinski definition) is 1. The molecule has 0 aromatic heterocycles. The number of nitrogens with zero attached hydrogens (tertiary/aromatic N) is 1. The van der Waals surface area contributed by atoms with Crippen LogP contribution in [0.3, 0.4) is 0 Å². The van der Waals surface area contributed by atoms with E-state index in [-0.39, 0.29) is 11.8 Å². The maximum absolute atomic E-state index is 12.2. The number of nitrogens with one attached hydrogen (secondary N) is 1. The van der Waals surface area contributed by atoms with Crippen LogP contribution < -0.4 is 14.8 Å². The first-order valence-electron chi connectivity index (χ1n) is 7.97. The molecule has 0 aliphatic heterocycles. The zero-order chi connectivity index (χ0) is 19.1. The molecule has 0 bridgehead atoms. The van der Waals surface area contributed by atoms with Crippen LogP contribution in [0.2, 0.25) is 0 Å². The fourth-order valence-electron chi connectivity index (χ4n) is 2.29. The summed E-state index contributed by atoms with van der Waals surface area (Å²) in [5, 5.41) is 2.74. The van der Waals surface area contributed by atoms with Crippen molar-refractivity contribution in [3.63, 3.8) is 0 Å². The maximum atomic E-state index is 12.2. The van der Waals surface area contributed by atoms with Gasteiger partial charge in [-0.1, -0.05) is 6.07 Å². The summed E-state index contributed by atoms with van der Waals surface area (Å²) in [6.07, 6.45) is 3.06. The second-order valence-electron chi connectivity index (χ2n) is 5.71. The molecule has 0 saturated carbocycles. The van der Waals surface area contributed by atoms with Gasteiger partial charge in [0.1, 0.15) is 11.5 Å². The van der Waals surface area contributed by atoms with Crippen LogP contribution in [0.1, 0.15) is 15.9 Å². The van der Waals surface area contributed by atoms with E-state index in [0.717, 1.165) is 5.56 Å². The van der Waals surface area contributed by atoms with Crippen LogP contribution in [-0.4, -0.2) is 45.0 Å². The topological polar surface area (TPSA) is 67.9 Å². The molecule has 2 amide bonds. The molecule has 26 heavy (non-hydrogen) atoms. The number of ether oxygens (including phenoxy) is 2. The van der Waals surface area contributed by atoms with Gasteiger partial charge in [0.15, 0.2) is 0 Å². The Kier molecular flexibility index (Phi) is 6.38. The van der Waals surface area contributed by atoms with Gasteiger partial charge < -0.3 is 19.7 Å². The highest BCUT2D eigenvalue weighted by Crippen LogP contribution is 2.25. The number of anilines is 1. The van der Waals surface area contributed by atoms with E-state index in [4.69, 9.17) is 9.47 Å². The van der Waals surface area contributed by atoms with Crippen molar-refractivity contribution in [2.75, 3.05) is 33.6 Å². The molecule has 2 aromatic rings. The van der Waals surface area contributed by atoms with E-state index in [9.17, 15) is 9.59 Å². The lowest BCUT2D eigenvalue weighted by Gasteiger charge is -2.11. The minimum atomic E-state index is -0.308. The normalized spacial score (nSPS) is 10.5. The molecule has 0 radical (unpaired) electrons. The van der Waals surface area contributed by atoms with Gasteiger partial charge in [0, 0.05) is 43.1 Å². The van der Waals surface area contributed by atoms with Gasteiger partial charge in [-0.3, -0.25) is 9.59 Å². The predicted octanol–water partition coefficient (Wildman–Crippen LogP) is 3.06. The molecule has 0 spiro atoms. The highest BCUT2D eigenvalue weighted by atomic mass is 16.5. The van der Waals surface area contributed by atoms with E-state index in [0.29, 0.717) is 22.7 Å². The monoisotopic (exact) mass is 354 g/mol. The molecule has 2 rings (SSSR count). The fourth-order valence-corrected chi connectivity index (χ4v) is 2.29. The molecular formula is C20H22N2O4. The maximum Gasteiger partial charge on any atom is 0.253 e. The number of hydrogen-bond acceptors (Lipinski definition) is 4. The predicted molar refractivity (Wildman–Crippen MR) is 102 cm³/mol. The number of methoxy groups -OCH3 is 2. The van der Waals surface area contributed by atoms with Crippen LogP contribution in [0.25, 0.3) is 6.08 Å². The van der Waals surface area contributed by atoms with Crippen LogP contribution in [0.5, 0.6) is 11.5 Å². The van der Waals surface area contributed by atoms with Gasteiger partial charge in [-0.15, -0.1) is 0 Å². The lowest BCUT2D eigenvalue weighted by molar-refractivity contribution is -0.111. The summed E-state index contributed by atoms with van der Waals surface area (Å²) < 4.78 is 10.4. The summed E-state index contributed by atoms with van der Waals surface area (Å²) in [5.74, 6) is 0.842. The summed E-state index contributed by atoms with van der Waals surface area (Å²) in [5.41, 5.74) is 1.81. The molecule has 0 fully saturated rings. The first-order chi connectivity index (χ1) is 12.4. The van der Waals surface area contributed by atoms with E-state index < -0.39 is 0 Å². The second-order valence-corrected chi connectivity index (χ2v) is 5.71. The molecule has 0 saturated heterocycles. The van der Waals surface area contributed by atoms with E-state index >= 15 is 0 Å². The Labute approximate surface area is 153 Å². The molecular weight excluding hydrogens is 332 g/mol. The van der Waals surface area contributed by atoms with E-state index in [1.165, 1.54) is 11.0 Å². The molecule has 6 nitrogen and oxygen atoms in total. The molecule has 2 aromatic carbocycles. The van der Waals surface area contributed by atoms with Crippen molar-refractivity contribution in [3.05, 3.63) is 59.7 Å². The molecule has 0 atom stereocenters. The highest BCUT2D eigenvalue weighted by Gasteiger charge is 2.09. The SMILES string of the molecule is COc1ccc(/C=C/C(=O)Nc2cccc(C(=O)N(C)C)c2)c(OC)c1. The van der Waals surface area contributed by atoms with Crippen LogP contribution in [-0.2, 0) is 4.79 Å². The quantitative estimate of drug-likeness (QED) is 0.810. The van der Waals surface area contributed by atoms with Gasteiger partial charge in [0.2, 0.25) is 5.91 Å². The number of benzene rings is 2. The van der Waals surface area contributed by atoms with Gasteiger partial charge >= 0.3 is 0 Å². The third-order valence-corrected chi connectivity index (χ3v) is 3.64. The molecule has 0 aliphatic rings. The van der Waals surface area contributed by atoms with E-state index in [1.54, 1.807) is 76.9 Å². The summed E-state index contributed by atoms with van der Waals surface area (Å²) in [7, 11) is 6.49. The number of carbonyl (C=O) groups excluding carboxylic acids is 2. The van der Waals surface area contributed by atoms with Crippen molar-refractivity contribution in [2.24, 2.45) is 0 Å². The molecule has 1 N–H and O–H groups in total. The van der Waals surface area contributed by atoms with Crippen molar-refractivity contribution in [2.45, 2.75) is 0 Å². The van der Waals surface area contributed by atoms with Gasteiger partial charge in [-0.05, 0) is 36.4 Å². The Morgan fingerprint density at radius 3 is 2.46 bits per heavy atom. The number of amides is 2. The van der Waals surface area contributed by atoms with Crippen LogP contribution in [0.4, 0.5) is 5.69 Å². The average molecular weight is 354 g/mol. The zero-order valence-corrected chi connectivity index (χ0v) is 15.3. The van der Waals surface area contributed by atoms with E-state index in [1.807, 2.05) is 0 Å². The first kappa shape index (κ1) is 19.1. The number of carbonyl (C=O) groups is 2. The molecule has 0 unspecified atom stereocenters. The van der Waals surface area contributed by atoms with Crippen molar-refractivity contribution in [3.8, 4) is 11.5 Å². The van der Waals surface area contributed by atoms with Crippen molar-refractivity contribution in [1.82, 2.24) is 4.90 Å². The van der Waals surface area contributed by atoms with Crippen molar-refractivity contribution in [1.29, 1.82) is 0 Å². The molecule has 0 aliphatic carbocycles. The van der Waals surface area contributed by atoms with Crippen LogP contribution >= 0.6 is 0 Å². The molecule has 0 heterocycles. The van der Waals surface area contributed by atoms with Crippen LogP contribution in [0.15, 0.2) is 48.5 Å². The summed E-state index contributed by atoms with van der Waals surface area (Å²) >= 11 is 0. The second kappa shape index (κ2) is 8.71. The lowest BCUT2D eigenvalue weighted by Crippen LogP contribution is -2.21. The largest absolute Gasteiger partial charge is 0.497 e. The van der Waals surface area contributed by atoms with Crippen molar-refractivity contribution < 1.29 is 19.1 Å². The standard InChI is InChI=1S/C20H22N2O4/c1-22(2)20(24)15-6-5-7-16(12-15)21-19(23)11-9-14-8-10-17(25-3)13-18(14)26-4/h5-13H,1-4H3,(H,21,23)/b11-9+. The van der Waals surface area contributed by atoms with Gasteiger partial charge in [0.05, 0.1) is 14.2 Å². The summed E-state index contributed by atoms with van der Waals surface area (Å²) in [6, 6.07) is 12.1. The lowest BCUT2D eigenvalue weighted by atomic mass is 10.1. The average Bonchev–Trinajstić information content (AvgIpc) is 2.65. The summed E-state index contributed by atoms with van der Waals surface area (Å²) in [4.78, 5) is 25.6. The van der Waals surface area contributed by atoms with Gasteiger partial charge in [0.25, 0.3) is 5.91 Å². The van der Waals surface area contributed by atoms with Crippen LogP contribution in [0, 0.1) is 0 Å². The minimum absolute atomic E-state index is 0.125. The molecule has 136 valence electrons. The first-order valence-corrected chi connectivity index (χ1v) is 7.97. The third-order valence-electron chi connectivity index (χ3n) is 3.64.